The van der Waals surface area contributed by atoms with Crippen molar-refractivity contribution >= 4 is 27.6 Å². The van der Waals surface area contributed by atoms with Gasteiger partial charge in [0.1, 0.15) is 15.4 Å². The Morgan fingerprint density at radius 2 is 2.00 bits per heavy atom. The molecule has 4 nitrogen and oxygen atoms in total. The number of nitrogens with two attached hydrogens (primary N) is 1. The van der Waals surface area contributed by atoms with Crippen molar-refractivity contribution in [3.63, 3.8) is 0 Å². The Bertz CT molecular complexity index is 703. The van der Waals surface area contributed by atoms with Crippen LogP contribution in [0.25, 0.3) is 20.9 Å². The van der Waals surface area contributed by atoms with Crippen LogP contribution in [0, 0.1) is 0 Å². The molecular weight excluding hydrogens is 246 g/mol. The molecule has 2 aromatic heterocycles. The van der Waals surface area contributed by atoms with E-state index in [-0.39, 0.29) is 0 Å². The van der Waals surface area contributed by atoms with Crippen molar-refractivity contribution in [3.8, 4) is 10.6 Å². The van der Waals surface area contributed by atoms with Crippen molar-refractivity contribution in [2.24, 2.45) is 5.73 Å². The number of rotatable bonds is 2. The van der Waals surface area contributed by atoms with Gasteiger partial charge in [-0.05, 0) is 18.2 Å². The molecule has 0 radical (unpaired) electrons. The summed E-state index contributed by atoms with van der Waals surface area (Å²) >= 11 is 1.45. The highest BCUT2D eigenvalue weighted by Crippen LogP contribution is 2.30. The van der Waals surface area contributed by atoms with Crippen molar-refractivity contribution in [2.45, 2.75) is 0 Å². The van der Waals surface area contributed by atoms with E-state index >= 15 is 0 Å². The third-order valence-corrected chi connectivity index (χ3v) is 3.60. The van der Waals surface area contributed by atoms with E-state index in [1.165, 1.54) is 11.3 Å². The topological polar surface area (TPSA) is 68.9 Å². The van der Waals surface area contributed by atoms with Gasteiger partial charge < -0.3 is 5.73 Å². The van der Waals surface area contributed by atoms with E-state index in [9.17, 15) is 4.79 Å². The lowest BCUT2D eigenvalue weighted by atomic mass is 10.1. The fourth-order valence-electron chi connectivity index (χ4n) is 1.77. The lowest BCUT2D eigenvalue weighted by molar-refractivity contribution is 0.100. The number of thiazole rings is 1. The fourth-order valence-corrected chi connectivity index (χ4v) is 2.72. The molecule has 0 saturated carbocycles. The molecule has 0 aliphatic heterocycles. The van der Waals surface area contributed by atoms with Gasteiger partial charge in [-0.25, -0.2) is 9.97 Å². The molecule has 5 heteroatoms. The maximum atomic E-state index is 11.4. The van der Waals surface area contributed by atoms with Crippen LogP contribution in [0.4, 0.5) is 0 Å². The van der Waals surface area contributed by atoms with Gasteiger partial charge in [-0.1, -0.05) is 29.5 Å². The summed E-state index contributed by atoms with van der Waals surface area (Å²) in [4.78, 5) is 21.0. The van der Waals surface area contributed by atoms with Gasteiger partial charge in [0, 0.05) is 17.3 Å². The van der Waals surface area contributed by atoms with E-state index in [0.29, 0.717) is 5.56 Å². The van der Waals surface area contributed by atoms with Gasteiger partial charge in [0.25, 0.3) is 0 Å². The third kappa shape index (κ3) is 1.74. The molecule has 0 aliphatic rings. The zero-order chi connectivity index (χ0) is 12.5. The third-order valence-electron chi connectivity index (χ3n) is 2.59. The summed E-state index contributed by atoms with van der Waals surface area (Å²) in [6.07, 6.45) is 1.73. The highest BCUT2D eigenvalue weighted by molar-refractivity contribution is 7.21. The Hall–Kier alpha value is -2.27. The molecule has 2 N–H and O–H groups in total. The number of carbonyl (C=O) groups excluding carboxylic acids is 1. The minimum atomic E-state index is -0.446. The van der Waals surface area contributed by atoms with Crippen molar-refractivity contribution in [3.05, 3.63) is 48.2 Å². The van der Waals surface area contributed by atoms with Gasteiger partial charge in [0.2, 0.25) is 5.91 Å². The zero-order valence-electron chi connectivity index (χ0n) is 9.33. The largest absolute Gasteiger partial charge is 0.366 e. The maximum Gasteiger partial charge on any atom is 0.249 e. The SMILES string of the molecule is NC(=O)c1ccccc1-c1nc2cccnc2s1. The number of amides is 1. The Labute approximate surface area is 107 Å². The molecule has 1 amide bonds. The molecule has 18 heavy (non-hydrogen) atoms. The normalized spacial score (nSPS) is 10.7. The monoisotopic (exact) mass is 255 g/mol. The van der Waals surface area contributed by atoms with Crippen LogP contribution in [0.15, 0.2) is 42.6 Å². The number of hydrogen-bond donors (Lipinski definition) is 1. The molecule has 88 valence electrons. The van der Waals surface area contributed by atoms with Crippen molar-refractivity contribution in [1.82, 2.24) is 9.97 Å². The molecule has 3 rings (SSSR count). The first-order chi connectivity index (χ1) is 8.75. The number of benzene rings is 1. The summed E-state index contributed by atoms with van der Waals surface area (Å²) in [6, 6.07) is 10.9. The standard InChI is InChI=1S/C13H9N3OS/c14-11(17)8-4-1-2-5-9(8)12-16-10-6-3-7-15-13(10)18-12/h1-7H,(H2,14,17). The number of fused-ring (bicyclic) bond motifs is 1. The molecule has 0 aliphatic carbocycles. The van der Waals surface area contributed by atoms with Gasteiger partial charge in [-0.15, -0.1) is 0 Å². The minimum Gasteiger partial charge on any atom is -0.366 e. The van der Waals surface area contributed by atoms with Crippen LogP contribution in [0.3, 0.4) is 0 Å². The first-order valence-electron chi connectivity index (χ1n) is 5.36. The van der Waals surface area contributed by atoms with E-state index in [1.54, 1.807) is 18.3 Å². The number of carbonyl (C=O) groups is 1. The fraction of sp³-hybridized carbons (Fsp3) is 0. The summed E-state index contributed by atoms with van der Waals surface area (Å²) in [5, 5.41) is 0.762. The van der Waals surface area contributed by atoms with Crippen LogP contribution >= 0.6 is 11.3 Å². The first-order valence-corrected chi connectivity index (χ1v) is 6.18. The molecule has 0 bridgehead atoms. The van der Waals surface area contributed by atoms with Crippen molar-refractivity contribution < 1.29 is 4.79 Å². The van der Waals surface area contributed by atoms with Gasteiger partial charge in [-0.2, -0.15) is 0 Å². The molecule has 0 spiro atoms. The Balaban J connectivity index is 2.23. The van der Waals surface area contributed by atoms with Crippen molar-refractivity contribution in [1.29, 1.82) is 0 Å². The molecule has 0 saturated heterocycles. The van der Waals surface area contributed by atoms with Crippen molar-refractivity contribution in [2.75, 3.05) is 0 Å². The quantitative estimate of drug-likeness (QED) is 0.764. The molecule has 0 atom stereocenters. The minimum absolute atomic E-state index is 0.446. The molecule has 0 fully saturated rings. The second-order valence-electron chi connectivity index (χ2n) is 3.76. The van der Waals surface area contributed by atoms with Crippen LogP contribution < -0.4 is 5.73 Å². The molecular formula is C13H9N3OS. The Morgan fingerprint density at radius 3 is 2.78 bits per heavy atom. The van der Waals surface area contributed by atoms with E-state index in [2.05, 4.69) is 9.97 Å². The predicted molar refractivity (Wildman–Crippen MR) is 71.4 cm³/mol. The molecule has 1 aromatic carbocycles. The second kappa shape index (κ2) is 4.19. The van der Waals surface area contributed by atoms with Crippen LogP contribution in [-0.2, 0) is 0 Å². The highest BCUT2D eigenvalue weighted by Gasteiger charge is 2.13. The summed E-state index contributed by atoms with van der Waals surface area (Å²) in [5.41, 5.74) is 7.44. The number of nitrogens with zero attached hydrogens (tertiary/aromatic N) is 2. The van der Waals surface area contributed by atoms with E-state index < -0.39 is 5.91 Å². The number of pyridine rings is 1. The maximum absolute atomic E-state index is 11.4. The smallest absolute Gasteiger partial charge is 0.249 e. The number of aromatic nitrogens is 2. The number of hydrogen-bond acceptors (Lipinski definition) is 4. The molecule has 0 unspecified atom stereocenters. The van der Waals surface area contributed by atoms with Gasteiger partial charge in [0.15, 0.2) is 0 Å². The van der Waals surface area contributed by atoms with Gasteiger partial charge in [0.05, 0.1) is 0 Å². The average Bonchev–Trinajstić information content (AvgIpc) is 2.82. The summed E-state index contributed by atoms with van der Waals surface area (Å²) < 4.78 is 0. The summed E-state index contributed by atoms with van der Waals surface area (Å²) in [7, 11) is 0. The van der Waals surface area contributed by atoms with Crippen LogP contribution in [0.5, 0.6) is 0 Å². The Kier molecular flexibility index (Phi) is 2.53. The van der Waals surface area contributed by atoms with Gasteiger partial charge >= 0.3 is 0 Å². The van der Waals surface area contributed by atoms with E-state index in [0.717, 1.165) is 20.9 Å². The van der Waals surface area contributed by atoms with E-state index in [4.69, 9.17) is 5.73 Å². The van der Waals surface area contributed by atoms with Crippen LogP contribution in [0.2, 0.25) is 0 Å². The summed E-state index contributed by atoms with van der Waals surface area (Å²) in [6.45, 7) is 0. The highest BCUT2D eigenvalue weighted by atomic mass is 32.1. The second-order valence-corrected chi connectivity index (χ2v) is 4.73. The van der Waals surface area contributed by atoms with Crippen LogP contribution in [0.1, 0.15) is 10.4 Å². The van der Waals surface area contributed by atoms with E-state index in [1.807, 2.05) is 24.3 Å². The number of primary amides is 1. The Morgan fingerprint density at radius 1 is 1.17 bits per heavy atom. The van der Waals surface area contributed by atoms with Crippen LogP contribution in [-0.4, -0.2) is 15.9 Å². The lowest BCUT2D eigenvalue weighted by Crippen LogP contribution is -2.12. The molecule has 2 heterocycles. The molecule has 3 aromatic rings. The predicted octanol–water partition coefficient (Wildman–Crippen LogP) is 2.46. The first kappa shape index (κ1) is 10.9. The average molecular weight is 255 g/mol. The van der Waals surface area contributed by atoms with Gasteiger partial charge in [-0.3, -0.25) is 4.79 Å². The zero-order valence-corrected chi connectivity index (χ0v) is 10.1. The summed E-state index contributed by atoms with van der Waals surface area (Å²) in [5.74, 6) is -0.446. The lowest BCUT2D eigenvalue weighted by Gasteiger charge is -2.01.